The van der Waals surface area contributed by atoms with Crippen LogP contribution in [0.5, 0.6) is 11.5 Å². The number of urea groups is 1. The molecule has 3 heterocycles. The number of hydrogen-bond acceptors (Lipinski definition) is 15. The van der Waals surface area contributed by atoms with Crippen LogP contribution in [0.1, 0.15) is 60.1 Å². The molecule has 3 aliphatic rings. The third kappa shape index (κ3) is 9.58. The van der Waals surface area contributed by atoms with Crippen LogP contribution in [-0.4, -0.2) is 123 Å². The summed E-state index contributed by atoms with van der Waals surface area (Å²) >= 11 is 1.08. The molecule has 2 fully saturated rings. The predicted octanol–water partition coefficient (Wildman–Crippen LogP) is -0.390. The van der Waals surface area contributed by atoms with Crippen LogP contribution in [0.15, 0.2) is 29.5 Å². The number of imide groups is 1. The fourth-order valence-electron chi connectivity index (χ4n) is 5.67. The summed E-state index contributed by atoms with van der Waals surface area (Å²) in [5.74, 6) is -8.22. The number of fused-ring (bicyclic) bond motifs is 1. The first-order valence-corrected chi connectivity index (χ1v) is 17.8. The molecule has 0 aromatic heterocycles. The molecule has 2 saturated heterocycles. The molecule has 0 spiro atoms. The Balaban J connectivity index is 1.81. The van der Waals surface area contributed by atoms with Crippen molar-refractivity contribution < 1.29 is 66.9 Å². The number of likely N-dealkylation sites (N-methyl/N-ethyl adjacent to an activating group) is 1. The number of ether oxygens (including phenoxy) is 4. The van der Waals surface area contributed by atoms with Gasteiger partial charge in [-0.25, -0.2) is 9.59 Å². The lowest BCUT2D eigenvalue weighted by atomic mass is 10.0. The predicted molar refractivity (Wildman–Crippen MR) is 187 cm³/mol. The molecule has 0 aliphatic carbocycles. The normalized spacial score (nSPS) is 19.3. The lowest BCUT2D eigenvalue weighted by Crippen LogP contribution is -2.70. The smallest absolute Gasteiger partial charge is 0.355 e. The highest BCUT2D eigenvalue weighted by atomic mass is 32.2. The first kappa shape index (κ1) is 41.8. The Labute approximate surface area is 318 Å². The Morgan fingerprint density at radius 3 is 2.16 bits per heavy atom. The number of carbonyl (C=O) groups excluding carboxylic acids is 10. The molecular weight excluding hydrogens is 748 g/mol. The van der Waals surface area contributed by atoms with Crippen molar-refractivity contribution in [2.45, 2.75) is 77.8 Å². The summed E-state index contributed by atoms with van der Waals surface area (Å²) in [5.41, 5.74) is -1.64. The summed E-state index contributed by atoms with van der Waals surface area (Å²) in [5, 5.41) is 6.49. The van der Waals surface area contributed by atoms with E-state index in [2.05, 4.69) is 16.0 Å². The Bertz CT molecular complexity index is 1860. The fraction of sp³-hybridized carbons (Fsp3) is 0.471. The van der Waals surface area contributed by atoms with Gasteiger partial charge in [0.2, 0.25) is 18.5 Å². The largest absolute Gasteiger partial charge is 0.455 e. The third-order valence-electron chi connectivity index (χ3n) is 7.99. The highest BCUT2D eigenvalue weighted by Crippen LogP contribution is 2.42. The highest BCUT2D eigenvalue weighted by molar-refractivity contribution is 8.00. The van der Waals surface area contributed by atoms with E-state index in [9.17, 15) is 47.9 Å². The molecule has 0 saturated carbocycles. The van der Waals surface area contributed by atoms with Gasteiger partial charge in [-0.2, -0.15) is 0 Å². The van der Waals surface area contributed by atoms with E-state index in [-0.39, 0.29) is 53.7 Å². The maximum absolute atomic E-state index is 14.3. The zero-order valence-electron chi connectivity index (χ0n) is 30.9. The van der Waals surface area contributed by atoms with Gasteiger partial charge in [-0.1, -0.05) is 6.07 Å². The highest BCUT2D eigenvalue weighted by Gasteiger charge is 2.55. The minimum absolute atomic E-state index is 0.00622. The van der Waals surface area contributed by atoms with Crippen molar-refractivity contribution in [3.05, 3.63) is 35.0 Å². The van der Waals surface area contributed by atoms with Crippen molar-refractivity contribution in [2.24, 2.45) is 0 Å². The molecule has 2 unspecified atom stereocenters. The first-order valence-electron chi connectivity index (χ1n) is 16.8. The number of rotatable bonds is 12. The zero-order chi connectivity index (χ0) is 40.9. The number of nitrogens with zero attached hydrogens (tertiary/aromatic N) is 3. The number of esters is 4. The van der Waals surface area contributed by atoms with Crippen LogP contribution in [0.4, 0.5) is 4.79 Å². The topological polar surface area (TPSA) is 253 Å². The molecule has 3 N–H and O–H groups in total. The summed E-state index contributed by atoms with van der Waals surface area (Å²) in [6.07, 6.45) is -1.45. The standard InChI is InChI=1S/C34H40N6O14S/c1-8-38-11-12-39(30(48)29(38)47)33(50)36-23(19-9-10-21(51-16(2)42)22(13-19)52-17(3)43)26(45)37-27(53-18(4)44)20-14-55-31-24(35-15-41)28(46)40(31)25(20)32(49)54-34(5,6)7/h9-10,13,15,23-24,27,31H,8,11-12,14H2,1-7H3,(H,35,41)(H,36,50)(H,37,45)/t23?,24-,27?,31-/m1/s1. The van der Waals surface area contributed by atoms with Crippen LogP contribution in [0.3, 0.4) is 0 Å². The van der Waals surface area contributed by atoms with Gasteiger partial charge in [0.05, 0.1) is 0 Å². The Morgan fingerprint density at radius 1 is 0.927 bits per heavy atom. The summed E-state index contributed by atoms with van der Waals surface area (Å²) in [7, 11) is 0. The molecule has 21 heteroatoms. The second-order valence-corrected chi connectivity index (χ2v) is 14.3. The van der Waals surface area contributed by atoms with Crippen LogP contribution in [-0.2, 0) is 52.6 Å². The zero-order valence-corrected chi connectivity index (χ0v) is 31.7. The van der Waals surface area contributed by atoms with Gasteiger partial charge in [-0.15, -0.1) is 11.8 Å². The molecule has 1 aromatic carbocycles. The van der Waals surface area contributed by atoms with Crippen molar-refractivity contribution >= 4 is 71.7 Å². The maximum Gasteiger partial charge on any atom is 0.355 e. The van der Waals surface area contributed by atoms with Gasteiger partial charge in [-0.3, -0.25) is 48.2 Å². The molecule has 7 amide bonds. The van der Waals surface area contributed by atoms with E-state index in [0.29, 0.717) is 11.3 Å². The van der Waals surface area contributed by atoms with E-state index in [1.165, 1.54) is 17.0 Å². The van der Waals surface area contributed by atoms with Gasteiger partial charge in [0, 0.05) is 51.7 Å². The molecule has 0 bridgehead atoms. The van der Waals surface area contributed by atoms with E-state index in [0.717, 1.165) is 43.5 Å². The lowest BCUT2D eigenvalue weighted by molar-refractivity contribution is -0.159. The number of benzene rings is 1. The van der Waals surface area contributed by atoms with E-state index in [1.807, 2.05) is 0 Å². The number of nitrogens with one attached hydrogen (secondary N) is 3. The fourth-order valence-corrected chi connectivity index (χ4v) is 7.05. The van der Waals surface area contributed by atoms with Gasteiger partial charge in [0.1, 0.15) is 28.8 Å². The van der Waals surface area contributed by atoms with Crippen LogP contribution in [0.2, 0.25) is 0 Å². The third-order valence-corrected chi connectivity index (χ3v) is 9.29. The molecule has 296 valence electrons. The molecule has 0 radical (unpaired) electrons. The Kier molecular flexibility index (Phi) is 12.9. The van der Waals surface area contributed by atoms with Gasteiger partial charge in [-0.05, 0) is 45.4 Å². The van der Waals surface area contributed by atoms with Gasteiger partial charge in [0.15, 0.2) is 11.5 Å². The second kappa shape index (κ2) is 17.0. The van der Waals surface area contributed by atoms with Crippen molar-refractivity contribution in [3.63, 3.8) is 0 Å². The monoisotopic (exact) mass is 788 g/mol. The summed E-state index contributed by atoms with van der Waals surface area (Å²) < 4.78 is 21.4. The number of β-lactam (4-membered cyclic amide) rings is 1. The number of amides is 7. The van der Waals surface area contributed by atoms with Crippen molar-refractivity contribution in [1.29, 1.82) is 0 Å². The van der Waals surface area contributed by atoms with E-state index in [4.69, 9.17) is 18.9 Å². The van der Waals surface area contributed by atoms with E-state index in [1.54, 1.807) is 27.7 Å². The minimum Gasteiger partial charge on any atom is -0.455 e. The molecule has 4 rings (SSSR count). The minimum atomic E-state index is -1.82. The number of thioether (sulfide) groups is 1. The number of carbonyl (C=O) groups is 10. The Morgan fingerprint density at radius 2 is 1.58 bits per heavy atom. The van der Waals surface area contributed by atoms with E-state index < -0.39 is 82.8 Å². The molecule has 4 atom stereocenters. The molecular formula is C34H40N6O14S. The Hall–Kier alpha value is -5.99. The van der Waals surface area contributed by atoms with Crippen molar-refractivity contribution in [3.8, 4) is 11.5 Å². The molecule has 3 aliphatic heterocycles. The second-order valence-electron chi connectivity index (χ2n) is 13.2. The maximum atomic E-state index is 14.3. The van der Waals surface area contributed by atoms with Crippen LogP contribution >= 0.6 is 11.8 Å². The summed E-state index contributed by atoms with van der Waals surface area (Å²) in [6.45, 7) is 9.51. The molecule has 20 nitrogen and oxygen atoms in total. The van der Waals surface area contributed by atoms with Gasteiger partial charge < -0.3 is 39.8 Å². The quantitative estimate of drug-likeness (QED) is 0.0609. The average molecular weight is 789 g/mol. The van der Waals surface area contributed by atoms with Crippen LogP contribution < -0.4 is 25.4 Å². The van der Waals surface area contributed by atoms with Gasteiger partial charge in [0.25, 0.3) is 5.91 Å². The van der Waals surface area contributed by atoms with Crippen LogP contribution in [0, 0.1) is 0 Å². The number of hydrogen-bond donors (Lipinski definition) is 3. The summed E-state index contributed by atoms with van der Waals surface area (Å²) in [4.78, 5) is 131. The SMILES string of the molecule is CCN1CCN(C(=O)NC(C(=O)NC(OC(C)=O)C2=C(C(=O)OC(C)(C)C)N3C(=O)[C@@H](NC=O)[C@H]3SC2)c2ccc(OC(C)=O)c(OC(C)=O)c2)C(=O)C1=O. The van der Waals surface area contributed by atoms with Crippen LogP contribution in [0.25, 0.3) is 0 Å². The summed E-state index contributed by atoms with van der Waals surface area (Å²) in [6, 6.07) is -0.499. The first-order chi connectivity index (χ1) is 25.8. The molecule has 1 aromatic rings. The van der Waals surface area contributed by atoms with Gasteiger partial charge >= 0.3 is 41.7 Å². The van der Waals surface area contributed by atoms with Crippen molar-refractivity contribution in [1.82, 2.24) is 30.7 Å². The van der Waals surface area contributed by atoms with E-state index >= 15 is 0 Å². The molecule has 55 heavy (non-hydrogen) atoms. The lowest BCUT2D eigenvalue weighted by Gasteiger charge is -2.50. The average Bonchev–Trinajstić information content (AvgIpc) is 3.08. The number of piperazine rings is 1. The van der Waals surface area contributed by atoms with Crippen molar-refractivity contribution in [2.75, 3.05) is 25.4 Å².